The molecule has 22 heavy (non-hydrogen) atoms. The molecule has 4 fully saturated rings. The molecule has 0 radical (unpaired) electrons. The molecule has 4 saturated carbocycles. The lowest BCUT2D eigenvalue weighted by atomic mass is 9.45. The normalized spacial score (nSPS) is 57.9. The van der Waals surface area contributed by atoms with Crippen molar-refractivity contribution in [1.29, 1.82) is 0 Å². The predicted octanol–water partition coefficient (Wildman–Crippen LogP) is 4.18. The van der Waals surface area contributed by atoms with Crippen LogP contribution in [0, 0.1) is 34.5 Å². The maximum atomic E-state index is 12.4. The second kappa shape index (κ2) is 4.96. The lowest BCUT2D eigenvalue weighted by molar-refractivity contribution is -0.141. The summed E-state index contributed by atoms with van der Waals surface area (Å²) in [5.74, 6) is 3.02. The SMILES string of the molecule is C[C@]12CCC(O)C(Cl)C1CC[C@@H]1[C@@H]2CC[C@]2(C)C(=O)CC[C@@H]12. The average Bonchev–Trinajstić information content (AvgIpc) is 2.79. The van der Waals surface area contributed by atoms with Crippen LogP contribution in [0.3, 0.4) is 0 Å². The molecule has 4 aliphatic carbocycles. The fraction of sp³-hybridized carbons (Fsp3) is 0.947. The lowest BCUT2D eigenvalue weighted by Crippen LogP contribution is -2.57. The number of aliphatic hydroxyl groups is 1. The van der Waals surface area contributed by atoms with Crippen molar-refractivity contribution in [3.05, 3.63) is 0 Å². The van der Waals surface area contributed by atoms with Crippen molar-refractivity contribution in [3.63, 3.8) is 0 Å². The van der Waals surface area contributed by atoms with Gasteiger partial charge in [0.1, 0.15) is 5.78 Å². The van der Waals surface area contributed by atoms with Gasteiger partial charge in [0.15, 0.2) is 0 Å². The molecule has 0 saturated heterocycles. The van der Waals surface area contributed by atoms with Crippen molar-refractivity contribution in [1.82, 2.24) is 0 Å². The van der Waals surface area contributed by atoms with Gasteiger partial charge in [0, 0.05) is 11.8 Å². The fourth-order valence-electron chi connectivity index (χ4n) is 7.04. The van der Waals surface area contributed by atoms with Gasteiger partial charge in [0.2, 0.25) is 0 Å². The zero-order valence-corrected chi connectivity index (χ0v) is 14.6. The quantitative estimate of drug-likeness (QED) is 0.679. The van der Waals surface area contributed by atoms with Crippen LogP contribution in [0.5, 0.6) is 0 Å². The summed E-state index contributed by atoms with van der Waals surface area (Å²) in [7, 11) is 0. The van der Waals surface area contributed by atoms with Crippen LogP contribution in [0.25, 0.3) is 0 Å². The molecular formula is C19H29ClO2. The number of aliphatic hydroxyl groups excluding tert-OH is 1. The van der Waals surface area contributed by atoms with E-state index in [4.69, 9.17) is 11.6 Å². The monoisotopic (exact) mass is 324 g/mol. The minimum absolute atomic E-state index is 0.0289. The molecule has 4 rings (SSSR count). The third kappa shape index (κ3) is 1.86. The molecule has 0 amide bonds. The van der Waals surface area contributed by atoms with E-state index >= 15 is 0 Å². The van der Waals surface area contributed by atoms with Gasteiger partial charge in [0.25, 0.3) is 0 Å². The molecule has 3 unspecified atom stereocenters. The molecule has 2 nitrogen and oxygen atoms in total. The largest absolute Gasteiger partial charge is 0.392 e. The topological polar surface area (TPSA) is 37.3 Å². The highest BCUT2D eigenvalue weighted by molar-refractivity contribution is 6.21. The summed E-state index contributed by atoms with van der Waals surface area (Å²) < 4.78 is 0. The Balaban J connectivity index is 1.65. The van der Waals surface area contributed by atoms with Gasteiger partial charge in [-0.25, -0.2) is 0 Å². The van der Waals surface area contributed by atoms with Crippen LogP contribution in [0.4, 0.5) is 0 Å². The highest BCUT2D eigenvalue weighted by Gasteiger charge is 2.61. The first kappa shape index (κ1) is 15.4. The van der Waals surface area contributed by atoms with E-state index in [1.165, 1.54) is 12.8 Å². The van der Waals surface area contributed by atoms with E-state index in [0.29, 0.717) is 29.5 Å². The number of carbonyl (C=O) groups is 1. The number of rotatable bonds is 0. The Bertz CT molecular complexity index is 492. The highest BCUT2D eigenvalue weighted by Crippen LogP contribution is 2.65. The molecule has 1 N–H and O–H groups in total. The third-order valence-corrected chi connectivity index (χ3v) is 8.98. The van der Waals surface area contributed by atoms with E-state index in [-0.39, 0.29) is 22.3 Å². The Morgan fingerprint density at radius 2 is 1.77 bits per heavy atom. The first-order valence-electron chi connectivity index (χ1n) is 9.23. The number of carbonyl (C=O) groups excluding carboxylic acids is 1. The molecule has 3 heteroatoms. The van der Waals surface area contributed by atoms with Crippen LogP contribution in [-0.2, 0) is 4.79 Å². The van der Waals surface area contributed by atoms with Crippen molar-refractivity contribution in [2.24, 2.45) is 34.5 Å². The van der Waals surface area contributed by atoms with Crippen LogP contribution < -0.4 is 0 Å². The third-order valence-electron chi connectivity index (χ3n) is 8.38. The van der Waals surface area contributed by atoms with Gasteiger partial charge in [-0.05, 0) is 74.0 Å². The summed E-state index contributed by atoms with van der Waals surface area (Å²) in [6.45, 7) is 4.68. The summed E-state index contributed by atoms with van der Waals surface area (Å²) in [6.07, 6.45) is 8.19. The van der Waals surface area contributed by atoms with Crippen LogP contribution in [-0.4, -0.2) is 22.4 Å². The summed E-state index contributed by atoms with van der Waals surface area (Å²) in [5, 5.41) is 10.1. The molecule has 4 aliphatic rings. The summed E-state index contributed by atoms with van der Waals surface area (Å²) >= 11 is 6.62. The molecule has 0 heterocycles. The molecule has 0 aromatic rings. The zero-order valence-electron chi connectivity index (χ0n) is 13.9. The predicted molar refractivity (Wildman–Crippen MR) is 87.8 cm³/mol. The van der Waals surface area contributed by atoms with Crippen LogP contribution in [0.2, 0.25) is 0 Å². The zero-order chi connectivity index (χ0) is 15.7. The Morgan fingerprint density at radius 1 is 1.00 bits per heavy atom. The second-order valence-corrected chi connectivity index (χ2v) is 9.54. The molecule has 0 aromatic heterocycles. The van der Waals surface area contributed by atoms with Gasteiger partial charge < -0.3 is 5.11 Å². The Labute approximate surface area is 139 Å². The average molecular weight is 325 g/mol. The number of alkyl halides is 1. The van der Waals surface area contributed by atoms with Crippen LogP contribution in [0.15, 0.2) is 0 Å². The van der Waals surface area contributed by atoms with E-state index < -0.39 is 0 Å². The van der Waals surface area contributed by atoms with Crippen molar-refractivity contribution in [3.8, 4) is 0 Å². The van der Waals surface area contributed by atoms with Crippen molar-refractivity contribution in [2.75, 3.05) is 0 Å². The highest BCUT2D eigenvalue weighted by atomic mass is 35.5. The Morgan fingerprint density at radius 3 is 2.55 bits per heavy atom. The first-order valence-corrected chi connectivity index (χ1v) is 9.67. The van der Waals surface area contributed by atoms with Gasteiger partial charge in [-0.3, -0.25) is 4.79 Å². The van der Waals surface area contributed by atoms with Crippen LogP contribution in [0.1, 0.15) is 65.2 Å². The number of Topliss-reactive ketones (excluding diaryl/α,β-unsaturated/α-hetero) is 1. The van der Waals surface area contributed by atoms with Gasteiger partial charge in [-0.15, -0.1) is 11.6 Å². The number of hydrogen-bond acceptors (Lipinski definition) is 2. The Kier molecular flexibility index (Phi) is 3.48. The molecule has 0 bridgehead atoms. The van der Waals surface area contributed by atoms with Gasteiger partial charge in [-0.2, -0.15) is 0 Å². The maximum Gasteiger partial charge on any atom is 0.139 e. The van der Waals surface area contributed by atoms with E-state index in [1.54, 1.807) is 0 Å². The number of halogens is 1. The maximum absolute atomic E-state index is 12.4. The lowest BCUT2D eigenvalue weighted by Gasteiger charge is -2.61. The van der Waals surface area contributed by atoms with Crippen molar-refractivity contribution in [2.45, 2.75) is 76.7 Å². The first-order chi connectivity index (χ1) is 10.4. The molecule has 124 valence electrons. The van der Waals surface area contributed by atoms with Crippen LogP contribution >= 0.6 is 11.6 Å². The molecule has 0 aromatic carbocycles. The van der Waals surface area contributed by atoms with E-state index in [0.717, 1.165) is 38.5 Å². The minimum Gasteiger partial charge on any atom is -0.392 e. The fourth-order valence-corrected chi connectivity index (χ4v) is 7.58. The summed E-state index contributed by atoms with van der Waals surface area (Å²) in [6, 6.07) is 0. The minimum atomic E-state index is -0.321. The molecular weight excluding hydrogens is 296 g/mol. The molecule has 8 atom stereocenters. The summed E-state index contributed by atoms with van der Waals surface area (Å²) in [5.41, 5.74) is 0.250. The smallest absolute Gasteiger partial charge is 0.139 e. The second-order valence-electron chi connectivity index (χ2n) is 9.03. The van der Waals surface area contributed by atoms with E-state index in [2.05, 4.69) is 13.8 Å². The van der Waals surface area contributed by atoms with E-state index in [1.807, 2.05) is 0 Å². The molecule has 0 spiro atoms. The van der Waals surface area contributed by atoms with Crippen molar-refractivity contribution < 1.29 is 9.90 Å². The van der Waals surface area contributed by atoms with Crippen molar-refractivity contribution >= 4 is 17.4 Å². The molecule has 0 aliphatic heterocycles. The van der Waals surface area contributed by atoms with Gasteiger partial charge in [0.05, 0.1) is 11.5 Å². The Hall–Kier alpha value is -0.0800. The van der Waals surface area contributed by atoms with E-state index in [9.17, 15) is 9.90 Å². The van der Waals surface area contributed by atoms with Gasteiger partial charge in [-0.1, -0.05) is 13.8 Å². The standard InChI is InChI=1S/C19H29ClO2/c1-18-10-8-15(21)17(20)14(18)4-3-11-12-5-6-16(22)19(12,2)9-7-13(11)18/h11-15,17,21H,3-10H2,1-2H3/t11-,12-,13-,14?,15?,17?,18+,19-/m0/s1. The van der Waals surface area contributed by atoms with Gasteiger partial charge >= 0.3 is 0 Å². The number of hydrogen-bond donors (Lipinski definition) is 1. The number of fused-ring (bicyclic) bond motifs is 5. The summed E-state index contributed by atoms with van der Waals surface area (Å²) in [4.78, 5) is 12.4. The number of ketones is 1.